The van der Waals surface area contributed by atoms with Crippen molar-refractivity contribution in [1.29, 1.82) is 5.41 Å². The highest BCUT2D eigenvalue weighted by atomic mass is 35.5. The fourth-order valence-corrected chi connectivity index (χ4v) is 15.7. The number of aromatic nitrogens is 6. The van der Waals surface area contributed by atoms with Crippen molar-refractivity contribution in [1.82, 2.24) is 44.6 Å². The molecule has 1 aliphatic carbocycles. The van der Waals surface area contributed by atoms with Crippen molar-refractivity contribution in [2.24, 2.45) is 5.92 Å². The molecule has 0 spiro atoms. The minimum absolute atomic E-state index is 0.00990. The molecule has 106 heavy (non-hydrogen) atoms. The molecule has 0 radical (unpaired) electrons. The van der Waals surface area contributed by atoms with Gasteiger partial charge >= 0.3 is 0 Å². The van der Waals surface area contributed by atoms with Crippen LogP contribution in [-0.2, 0) is 9.59 Å². The topological polar surface area (TPSA) is 256 Å². The van der Waals surface area contributed by atoms with Crippen molar-refractivity contribution >= 4 is 135 Å². The van der Waals surface area contributed by atoms with Gasteiger partial charge in [-0.3, -0.25) is 19.9 Å². The van der Waals surface area contributed by atoms with Gasteiger partial charge in [0.1, 0.15) is 88.5 Å². The summed E-state index contributed by atoms with van der Waals surface area (Å²) in [5, 5.41) is 64.0. The van der Waals surface area contributed by atoms with Crippen LogP contribution < -0.4 is 14.7 Å². The van der Waals surface area contributed by atoms with Crippen molar-refractivity contribution in [3.8, 4) is 50.6 Å². The summed E-state index contributed by atoms with van der Waals surface area (Å²) in [5.41, 5.74) is 3.48. The number of halogens is 6. The van der Waals surface area contributed by atoms with Crippen LogP contribution in [0.3, 0.4) is 0 Å². The van der Waals surface area contributed by atoms with E-state index in [-0.39, 0.29) is 103 Å². The fraction of sp³-hybridized carbons (Fsp3) is 0.263. The third kappa shape index (κ3) is 14.3. The highest BCUT2D eigenvalue weighted by molar-refractivity contribution is 6.36. The molecular formula is C80H73Cl3F3N13O7. The normalized spacial score (nSPS) is 16.3. The Labute approximate surface area is 622 Å². The molecule has 1 saturated carbocycles. The first kappa shape index (κ1) is 72.4. The van der Waals surface area contributed by atoms with E-state index in [1.165, 1.54) is 31.1 Å². The number of hydrogen-bond donors (Lipinski definition) is 6. The maximum atomic E-state index is 16.1. The molecule has 3 saturated heterocycles. The summed E-state index contributed by atoms with van der Waals surface area (Å²) in [4.78, 5) is 62.2. The number of aromatic hydroxyl groups is 3. The number of phenols is 3. The zero-order chi connectivity index (χ0) is 74.2. The Morgan fingerprint density at radius 3 is 1.18 bits per heavy atom. The lowest BCUT2D eigenvalue weighted by molar-refractivity contribution is -0.135. The predicted octanol–water partition coefficient (Wildman–Crippen LogP) is 14.4. The summed E-state index contributed by atoms with van der Waals surface area (Å²) in [6, 6.07) is 37.3. The number of fused-ring (bicyclic) bond motifs is 6. The van der Waals surface area contributed by atoms with Crippen LogP contribution in [0.4, 0.5) is 30.6 Å². The number of carbonyl (C=O) groups excluding carboxylic acids is 2. The lowest BCUT2D eigenvalue weighted by Gasteiger charge is -2.47. The number of ketones is 1. The van der Waals surface area contributed by atoms with Gasteiger partial charge in [0, 0.05) is 124 Å². The van der Waals surface area contributed by atoms with Crippen molar-refractivity contribution in [2.45, 2.75) is 38.6 Å². The van der Waals surface area contributed by atoms with Gasteiger partial charge in [0.25, 0.3) is 0 Å². The second-order valence-electron chi connectivity index (χ2n) is 26.7. The molecule has 1 amide bonds. The van der Waals surface area contributed by atoms with Crippen LogP contribution in [0.2, 0.25) is 15.1 Å². The quantitative estimate of drug-likeness (QED) is 0.0271. The summed E-state index contributed by atoms with van der Waals surface area (Å²) >= 11 is 20.0. The van der Waals surface area contributed by atoms with Gasteiger partial charge in [0.2, 0.25) is 5.91 Å². The highest BCUT2D eigenvalue weighted by Crippen LogP contribution is 2.46. The average Bonchev–Trinajstić information content (AvgIpc) is 0.758. The number of benzene rings is 9. The number of carbonyl (C=O) groups is 2. The first-order valence-electron chi connectivity index (χ1n) is 34.8. The SMILES string of the molecule is C=C(CO)C1CC(N2CCN(c3ncnc4c(F)c(-c5cc(O)cc6ccccc56)c(Cl)cc34)CC2)C1.CCC(=O)CC(=O)N1CCN(c2ncnc3c(F)c(-c4cc(O)cc5ccccc45)c(Cl)cc23)CC1.N=C(CO)N1CCN(c2ncnc3c(F)c(-c4cc(O)cc5ccccc45)c(Cl)cc23)CC1. The van der Waals surface area contributed by atoms with Crippen molar-refractivity contribution < 1.29 is 48.3 Å². The lowest BCUT2D eigenvalue weighted by Crippen LogP contribution is -2.54. The van der Waals surface area contributed by atoms with Crippen molar-refractivity contribution in [2.75, 3.05) is 106 Å². The molecular weight excluding hydrogens is 1420 g/mol. The molecule has 3 aromatic heterocycles. The van der Waals surface area contributed by atoms with Gasteiger partial charge in [-0.05, 0) is 128 Å². The molecule has 4 fully saturated rings. The zero-order valence-corrected chi connectivity index (χ0v) is 59.9. The molecule has 0 unspecified atom stereocenters. The number of nitrogens with one attached hydrogen (secondary N) is 1. The highest BCUT2D eigenvalue weighted by Gasteiger charge is 2.37. The number of hydrogen-bond acceptors (Lipinski definition) is 18. The summed E-state index contributed by atoms with van der Waals surface area (Å²) < 4.78 is 47.9. The minimum Gasteiger partial charge on any atom is -0.508 e. The monoisotopic (exact) mass is 1490 g/mol. The van der Waals surface area contributed by atoms with Crippen molar-refractivity contribution in [3.63, 3.8) is 0 Å². The maximum absolute atomic E-state index is 16.1. The molecule has 3 aliphatic heterocycles. The van der Waals surface area contributed by atoms with E-state index < -0.39 is 17.5 Å². The molecule has 0 bridgehead atoms. The summed E-state index contributed by atoms with van der Waals surface area (Å²) in [7, 11) is 0. The van der Waals surface area contributed by atoms with E-state index in [2.05, 4.69) is 46.3 Å². The van der Waals surface area contributed by atoms with E-state index in [9.17, 15) is 35.1 Å². The Morgan fingerprint density at radius 1 is 0.481 bits per heavy atom. The van der Waals surface area contributed by atoms with Crippen LogP contribution in [0, 0.1) is 28.8 Å². The maximum Gasteiger partial charge on any atom is 0.230 e. The first-order chi connectivity index (χ1) is 51.3. The lowest BCUT2D eigenvalue weighted by atomic mass is 9.75. The summed E-state index contributed by atoms with van der Waals surface area (Å²) in [5.74, 6) is 0.517. The fourth-order valence-electron chi connectivity index (χ4n) is 14.9. The van der Waals surface area contributed by atoms with Gasteiger partial charge in [-0.15, -0.1) is 0 Å². The Bertz CT molecular complexity index is 5460. The number of amides is 1. The van der Waals surface area contributed by atoms with E-state index in [1.54, 1.807) is 59.2 Å². The van der Waals surface area contributed by atoms with Crippen LogP contribution in [0.25, 0.3) is 98.4 Å². The van der Waals surface area contributed by atoms with E-state index in [1.807, 2.05) is 82.6 Å². The molecule has 12 aromatic rings. The first-order valence-corrected chi connectivity index (χ1v) is 36.0. The third-order valence-corrected chi connectivity index (χ3v) is 21.5. The van der Waals surface area contributed by atoms with Gasteiger partial charge in [0.15, 0.2) is 17.5 Å². The number of aliphatic hydroxyl groups excluding tert-OH is 2. The van der Waals surface area contributed by atoms with E-state index in [0.29, 0.717) is 121 Å². The second kappa shape index (κ2) is 30.9. The zero-order valence-electron chi connectivity index (χ0n) is 57.6. The molecule has 20 nitrogen and oxygen atoms in total. The smallest absolute Gasteiger partial charge is 0.230 e. The predicted molar refractivity (Wildman–Crippen MR) is 411 cm³/mol. The van der Waals surface area contributed by atoms with E-state index in [0.717, 1.165) is 76.9 Å². The Balaban J connectivity index is 0.000000134. The van der Waals surface area contributed by atoms with Crippen LogP contribution in [0.5, 0.6) is 17.2 Å². The van der Waals surface area contributed by atoms with E-state index in [4.69, 9.17) is 40.2 Å². The number of anilines is 3. The van der Waals surface area contributed by atoms with Crippen molar-refractivity contribution in [3.05, 3.63) is 191 Å². The second-order valence-corrected chi connectivity index (χ2v) is 28.0. The summed E-state index contributed by atoms with van der Waals surface area (Å²) in [6.45, 7) is 12.8. The number of aliphatic hydroxyl groups is 2. The van der Waals surface area contributed by atoms with Gasteiger partial charge in [-0.2, -0.15) is 0 Å². The van der Waals surface area contributed by atoms with Gasteiger partial charge < -0.3 is 50.0 Å². The average molecular weight is 1490 g/mol. The third-order valence-electron chi connectivity index (χ3n) is 20.6. The Morgan fingerprint density at radius 2 is 0.830 bits per heavy atom. The number of piperazine rings is 3. The van der Waals surface area contributed by atoms with Gasteiger partial charge in [0.05, 0.1) is 28.1 Å². The Kier molecular flexibility index (Phi) is 21.1. The molecule has 16 rings (SSSR count). The number of amidine groups is 1. The standard InChI is InChI=1S/C29H28ClFN4O2.C27H24ClFN4O3.C24H21ClFN5O2/c1-17(15-36)19-10-20(11-19)34-6-8-35(9-7-34)29-24-14-25(30)26(27(31)28(24)32-16-33-29)23-13-21(37)12-18-4-2-3-5-22(18)23;1-2-17(34)13-23(36)32-7-9-33(10-8-32)27-21-14-22(28)24(25(29)26(21)30-15-31-27)20-12-18(35)11-16-5-3-4-6-19(16)20;25-19-11-18-23(28-13-29-24(18)31-7-5-30(6-8-31)20(27)12-32)22(26)21(19)17-10-15(33)9-14-3-1-2-4-16(14)17/h2-5,12-14,16,19-20,36-37H,1,6-11,15H2;3-6,11-12,14-15,35H,2,7-10,13H2,1H3;1-4,9-11,13,27,32-33H,5-8,12H2. The number of phenolic OH excluding ortho intramolecular Hbond substituents is 3. The molecule has 9 aromatic carbocycles. The number of rotatable bonds is 13. The minimum atomic E-state index is -0.594. The van der Waals surface area contributed by atoms with E-state index >= 15 is 13.2 Å². The van der Waals surface area contributed by atoms with Crippen LogP contribution in [-0.4, -0.2) is 185 Å². The number of Topliss-reactive ketones (excluding diaryl/α,β-unsaturated/α-hetero) is 1. The largest absolute Gasteiger partial charge is 0.508 e. The molecule has 26 heteroatoms. The van der Waals surface area contributed by atoms with Crippen LogP contribution in [0.1, 0.15) is 32.6 Å². The van der Waals surface area contributed by atoms with Crippen LogP contribution >= 0.6 is 34.8 Å². The number of nitrogens with zero attached hydrogens (tertiary/aromatic N) is 12. The molecule has 6 heterocycles. The molecule has 542 valence electrons. The summed E-state index contributed by atoms with van der Waals surface area (Å²) in [6.07, 6.45) is 6.40. The Hall–Kier alpha value is -10.5. The van der Waals surface area contributed by atoms with Gasteiger partial charge in [-0.25, -0.2) is 43.1 Å². The molecule has 0 atom stereocenters. The van der Waals surface area contributed by atoms with Gasteiger partial charge in [-0.1, -0.05) is 121 Å². The van der Waals surface area contributed by atoms with Crippen LogP contribution in [0.15, 0.2) is 159 Å². The molecule has 6 N–H and O–H groups in total. The molecule has 4 aliphatic rings.